The fourth-order valence-electron chi connectivity index (χ4n) is 3.81. The highest BCUT2D eigenvalue weighted by Gasteiger charge is 2.45. The Bertz CT molecular complexity index is 1070. The zero-order chi connectivity index (χ0) is 22.1. The van der Waals surface area contributed by atoms with Crippen LogP contribution in [0.1, 0.15) is 17.2 Å². The standard InChI is InChI=1S/C23H23FN2O5/c1-25(2)9-10-26-20(15-5-3-4-6-16(15)24)19(22(28)23(26)29)21(27)14-7-8-17-18(13-14)31-12-11-30-17/h3-8,13,20,27H,9-12H2,1-2H3. The average molecular weight is 426 g/mol. The number of likely N-dealkylation sites (tertiary alicyclic amines) is 1. The largest absolute Gasteiger partial charge is 0.872 e. The molecule has 4 rings (SSSR count). The van der Waals surface area contributed by atoms with Crippen molar-refractivity contribution in [2.45, 2.75) is 6.04 Å². The minimum absolute atomic E-state index is 0.122. The zero-order valence-corrected chi connectivity index (χ0v) is 17.3. The van der Waals surface area contributed by atoms with Gasteiger partial charge in [-0.05, 0) is 23.8 Å². The number of rotatable bonds is 5. The van der Waals surface area contributed by atoms with E-state index >= 15 is 0 Å². The normalized spacial score (nSPS) is 19.9. The number of hydrogen-bond donors (Lipinski definition) is 1. The smallest absolute Gasteiger partial charge is 0.295 e. The quantitative estimate of drug-likeness (QED) is 0.412. The van der Waals surface area contributed by atoms with E-state index in [4.69, 9.17) is 9.47 Å². The number of Topliss-reactive ketones (excluding diaryl/α,β-unsaturated/α-hetero) is 1. The van der Waals surface area contributed by atoms with Gasteiger partial charge in [0.1, 0.15) is 19.0 Å². The lowest BCUT2D eigenvalue weighted by Crippen LogP contribution is -3.06. The van der Waals surface area contributed by atoms with Crippen LogP contribution < -0.4 is 19.5 Å². The van der Waals surface area contributed by atoms with Gasteiger partial charge >= 0.3 is 0 Å². The van der Waals surface area contributed by atoms with Crippen LogP contribution in [0, 0.1) is 5.82 Å². The molecule has 1 atom stereocenters. The summed E-state index contributed by atoms with van der Waals surface area (Å²) in [6.07, 6.45) is 0. The van der Waals surface area contributed by atoms with Gasteiger partial charge < -0.3 is 24.4 Å². The number of benzene rings is 2. The van der Waals surface area contributed by atoms with Gasteiger partial charge in [-0.25, -0.2) is 4.39 Å². The molecule has 162 valence electrons. The zero-order valence-electron chi connectivity index (χ0n) is 17.3. The lowest BCUT2D eigenvalue weighted by Gasteiger charge is -2.28. The summed E-state index contributed by atoms with van der Waals surface area (Å²) in [7, 11) is 3.82. The van der Waals surface area contributed by atoms with Crippen LogP contribution in [0.2, 0.25) is 0 Å². The third-order valence-electron chi connectivity index (χ3n) is 5.39. The number of nitrogens with zero attached hydrogens (tertiary/aromatic N) is 1. The molecule has 0 radical (unpaired) electrons. The predicted molar refractivity (Wildman–Crippen MR) is 108 cm³/mol. The van der Waals surface area contributed by atoms with Gasteiger partial charge in [0.05, 0.1) is 33.2 Å². The lowest BCUT2D eigenvalue weighted by molar-refractivity contribution is -0.857. The Morgan fingerprint density at radius 2 is 1.84 bits per heavy atom. The van der Waals surface area contributed by atoms with Crippen LogP contribution in [0.5, 0.6) is 11.5 Å². The average Bonchev–Trinajstić information content (AvgIpc) is 3.01. The van der Waals surface area contributed by atoms with Crippen molar-refractivity contribution in [3.05, 3.63) is 65.0 Å². The molecule has 2 aliphatic rings. The van der Waals surface area contributed by atoms with Gasteiger partial charge in [0, 0.05) is 11.1 Å². The van der Waals surface area contributed by atoms with Gasteiger partial charge in [-0.15, -0.1) is 0 Å². The van der Waals surface area contributed by atoms with Crippen LogP contribution in [0.3, 0.4) is 0 Å². The minimum Gasteiger partial charge on any atom is -0.872 e. The van der Waals surface area contributed by atoms with Crippen molar-refractivity contribution in [3.63, 3.8) is 0 Å². The molecule has 0 spiro atoms. The summed E-state index contributed by atoms with van der Waals surface area (Å²) in [5.41, 5.74) is 0.0544. The van der Waals surface area contributed by atoms with E-state index in [0.717, 1.165) is 4.90 Å². The van der Waals surface area contributed by atoms with E-state index in [1.807, 2.05) is 14.1 Å². The molecule has 1 amide bonds. The molecule has 2 aromatic carbocycles. The third-order valence-corrected chi connectivity index (χ3v) is 5.39. The first-order valence-electron chi connectivity index (χ1n) is 10.1. The summed E-state index contributed by atoms with van der Waals surface area (Å²) >= 11 is 0. The maximum absolute atomic E-state index is 14.7. The highest BCUT2D eigenvalue weighted by atomic mass is 19.1. The summed E-state index contributed by atoms with van der Waals surface area (Å²) in [6, 6.07) is 9.41. The fraction of sp³-hybridized carbons (Fsp3) is 0.304. The third kappa shape index (κ3) is 3.86. The van der Waals surface area contributed by atoms with Crippen molar-refractivity contribution in [2.75, 3.05) is 40.4 Å². The second kappa shape index (κ2) is 8.39. The fourth-order valence-corrected chi connectivity index (χ4v) is 3.81. The van der Waals surface area contributed by atoms with Crippen molar-refractivity contribution in [3.8, 4) is 11.5 Å². The molecule has 1 N–H and O–H groups in total. The molecule has 0 aliphatic carbocycles. The molecule has 7 nitrogen and oxygen atoms in total. The Balaban J connectivity index is 1.84. The maximum atomic E-state index is 14.7. The highest BCUT2D eigenvalue weighted by molar-refractivity contribution is 6.46. The molecule has 0 bridgehead atoms. The molecule has 31 heavy (non-hydrogen) atoms. The van der Waals surface area contributed by atoms with Crippen LogP contribution in [0.4, 0.5) is 4.39 Å². The number of likely N-dealkylation sites (N-methyl/N-ethyl adjacent to an activating group) is 1. The van der Waals surface area contributed by atoms with E-state index in [1.54, 1.807) is 12.1 Å². The second-order valence-electron chi connectivity index (χ2n) is 7.81. The number of ether oxygens (including phenoxy) is 2. The summed E-state index contributed by atoms with van der Waals surface area (Å²) in [4.78, 5) is 28.1. The maximum Gasteiger partial charge on any atom is 0.295 e. The Morgan fingerprint density at radius 1 is 1.13 bits per heavy atom. The van der Waals surface area contributed by atoms with Gasteiger partial charge in [0.2, 0.25) is 5.78 Å². The van der Waals surface area contributed by atoms with E-state index in [1.165, 1.54) is 35.2 Å². The molecule has 1 fully saturated rings. The van der Waals surface area contributed by atoms with Crippen LogP contribution in [-0.2, 0) is 9.59 Å². The Kier molecular flexibility index (Phi) is 5.65. The van der Waals surface area contributed by atoms with Crippen molar-refractivity contribution < 1.29 is 33.5 Å². The number of hydrogen-bond acceptors (Lipinski definition) is 5. The number of halogens is 1. The summed E-state index contributed by atoms with van der Waals surface area (Å²) < 4.78 is 25.7. The van der Waals surface area contributed by atoms with E-state index < -0.39 is 29.3 Å². The Hall–Kier alpha value is -3.39. The van der Waals surface area contributed by atoms with Crippen LogP contribution in [-0.4, -0.2) is 57.0 Å². The van der Waals surface area contributed by atoms with Crippen LogP contribution in [0.15, 0.2) is 48.0 Å². The topological polar surface area (TPSA) is 83.3 Å². The first-order chi connectivity index (χ1) is 14.9. The molecule has 2 heterocycles. The van der Waals surface area contributed by atoms with Gasteiger partial charge in [-0.1, -0.05) is 30.0 Å². The van der Waals surface area contributed by atoms with E-state index in [2.05, 4.69) is 0 Å². The van der Waals surface area contributed by atoms with Crippen molar-refractivity contribution in [2.24, 2.45) is 0 Å². The number of nitrogens with one attached hydrogen (secondary N) is 1. The monoisotopic (exact) mass is 426 g/mol. The Labute approximate surface area is 179 Å². The lowest BCUT2D eigenvalue weighted by atomic mass is 9.94. The SMILES string of the molecule is C[NH+](C)CCN1C(=O)C(=O)C(=C([O-])c2ccc3c(c2)OCCO3)C1c1ccccc1F. The molecule has 0 aromatic heterocycles. The van der Waals surface area contributed by atoms with Crippen molar-refractivity contribution in [1.82, 2.24) is 4.90 Å². The second-order valence-corrected chi connectivity index (χ2v) is 7.81. The molecule has 2 aromatic rings. The van der Waals surface area contributed by atoms with Crippen molar-refractivity contribution >= 4 is 17.4 Å². The first-order valence-corrected chi connectivity index (χ1v) is 10.1. The Morgan fingerprint density at radius 3 is 2.55 bits per heavy atom. The number of carbonyl (C=O) groups excluding carboxylic acids is 2. The van der Waals surface area contributed by atoms with E-state index in [9.17, 15) is 19.1 Å². The van der Waals surface area contributed by atoms with Crippen LogP contribution in [0.25, 0.3) is 5.76 Å². The number of carbonyl (C=O) groups is 2. The van der Waals surface area contributed by atoms with Gasteiger partial charge in [-0.3, -0.25) is 9.59 Å². The van der Waals surface area contributed by atoms with Crippen LogP contribution >= 0.6 is 0 Å². The number of ketones is 1. The highest BCUT2D eigenvalue weighted by Crippen LogP contribution is 2.40. The van der Waals surface area contributed by atoms with E-state index in [-0.39, 0.29) is 23.2 Å². The van der Waals surface area contributed by atoms with Gasteiger partial charge in [0.15, 0.2) is 11.5 Å². The summed E-state index contributed by atoms with van der Waals surface area (Å²) in [6.45, 7) is 1.50. The molecule has 8 heteroatoms. The van der Waals surface area contributed by atoms with Gasteiger partial charge in [-0.2, -0.15) is 0 Å². The number of quaternary nitrogens is 1. The number of amides is 1. The van der Waals surface area contributed by atoms with Gasteiger partial charge in [0.25, 0.3) is 5.91 Å². The number of fused-ring (bicyclic) bond motifs is 1. The van der Waals surface area contributed by atoms with Crippen molar-refractivity contribution in [1.29, 1.82) is 0 Å². The molecule has 1 unspecified atom stereocenters. The molecule has 2 aliphatic heterocycles. The molecular weight excluding hydrogens is 403 g/mol. The first kappa shape index (κ1) is 20.9. The molecular formula is C23H23FN2O5. The predicted octanol–water partition coefficient (Wildman–Crippen LogP) is -0.0346. The summed E-state index contributed by atoms with van der Waals surface area (Å²) in [5, 5.41) is 13.4. The summed E-state index contributed by atoms with van der Waals surface area (Å²) in [5.74, 6) is -2.00. The van der Waals surface area contributed by atoms with E-state index in [0.29, 0.717) is 31.3 Å². The molecule has 1 saturated heterocycles. The molecule has 0 saturated carbocycles. The minimum atomic E-state index is -1.08.